The largest absolute Gasteiger partial charge is 0.496 e. The summed E-state index contributed by atoms with van der Waals surface area (Å²) < 4.78 is 10.1. The van der Waals surface area contributed by atoms with E-state index in [1.54, 1.807) is 7.11 Å². The first-order valence-electron chi connectivity index (χ1n) is 6.49. The van der Waals surface area contributed by atoms with Gasteiger partial charge < -0.3 is 9.47 Å². The highest BCUT2D eigenvalue weighted by Crippen LogP contribution is 2.38. The summed E-state index contributed by atoms with van der Waals surface area (Å²) >= 11 is 0. The Labute approximate surface area is 108 Å². The zero-order valence-electron chi connectivity index (χ0n) is 11.1. The maximum atomic E-state index is 11.2. The summed E-state index contributed by atoms with van der Waals surface area (Å²) in [5.41, 5.74) is 2.67. The first-order chi connectivity index (χ1) is 8.76. The molecule has 1 aromatic rings. The van der Waals surface area contributed by atoms with E-state index in [1.807, 2.05) is 12.1 Å². The molecule has 0 unspecified atom stereocenters. The van der Waals surface area contributed by atoms with Crippen LogP contribution in [0.15, 0.2) is 18.2 Å². The van der Waals surface area contributed by atoms with Crippen LogP contribution in [-0.2, 0) is 16.0 Å². The fraction of sp³-hybridized carbons (Fsp3) is 0.533. The Bertz CT molecular complexity index is 426. The van der Waals surface area contributed by atoms with Crippen molar-refractivity contribution in [3.8, 4) is 5.75 Å². The minimum absolute atomic E-state index is 0.120. The number of methoxy groups -OCH3 is 2. The molecule has 0 aromatic heterocycles. The van der Waals surface area contributed by atoms with Crippen molar-refractivity contribution in [3.05, 3.63) is 29.3 Å². The quantitative estimate of drug-likeness (QED) is 0.768. The Morgan fingerprint density at radius 2 is 2.22 bits per heavy atom. The van der Waals surface area contributed by atoms with Crippen LogP contribution < -0.4 is 4.74 Å². The van der Waals surface area contributed by atoms with E-state index in [4.69, 9.17) is 9.47 Å². The van der Waals surface area contributed by atoms with E-state index >= 15 is 0 Å². The Morgan fingerprint density at radius 3 is 2.94 bits per heavy atom. The Kier molecular flexibility index (Phi) is 4.24. The molecule has 1 aliphatic rings. The second-order valence-corrected chi connectivity index (χ2v) is 4.73. The molecule has 18 heavy (non-hydrogen) atoms. The minimum Gasteiger partial charge on any atom is -0.496 e. The van der Waals surface area contributed by atoms with Gasteiger partial charge in [0.15, 0.2) is 0 Å². The van der Waals surface area contributed by atoms with Gasteiger partial charge in [-0.1, -0.05) is 12.1 Å². The van der Waals surface area contributed by atoms with Crippen LogP contribution in [-0.4, -0.2) is 20.2 Å². The summed E-state index contributed by atoms with van der Waals surface area (Å²) in [6, 6.07) is 6.22. The number of carbonyl (C=O) groups excluding carboxylic acids is 1. The molecular formula is C15H20O3. The summed E-state index contributed by atoms with van der Waals surface area (Å²) in [7, 11) is 3.16. The maximum Gasteiger partial charge on any atom is 0.305 e. The molecule has 0 saturated carbocycles. The van der Waals surface area contributed by atoms with E-state index in [-0.39, 0.29) is 5.97 Å². The lowest BCUT2D eigenvalue weighted by Gasteiger charge is -2.26. The number of benzene rings is 1. The van der Waals surface area contributed by atoms with Crippen molar-refractivity contribution in [2.75, 3.05) is 14.2 Å². The fourth-order valence-electron chi connectivity index (χ4n) is 2.80. The number of carbonyl (C=O) groups is 1. The van der Waals surface area contributed by atoms with Crippen LogP contribution >= 0.6 is 0 Å². The number of rotatable bonds is 4. The van der Waals surface area contributed by atoms with E-state index < -0.39 is 0 Å². The van der Waals surface area contributed by atoms with Crippen LogP contribution in [0.5, 0.6) is 5.75 Å². The van der Waals surface area contributed by atoms with E-state index in [0.29, 0.717) is 12.3 Å². The van der Waals surface area contributed by atoms with Crippen LogP contribution in [0.4, 0.5) is 0 Å². The Morgan fingerprint density at radius 1 is 1.39 bits per heavy atom. The topological polar surface area (TPSA) is 35.5 Å². The maximum absolute atomic E-state index is 11.2. The number of ether oxygens (including phenoxy) is 2. The van der Waals surface area contributed by atoms with Crippen molar-refractivity contribution < 1.29 is 14.3 Å². The SMILES string of the molecule is COC(=O)CC[C@H]1CCCc2c(OC)cccc21. The van der Waals surface area contributed by atoms with Gasteiger partial charge in [0.2, 0.25) is 0 Å². The lowest BCUT2D eigenvalue weighted by molar-refractivity contribution is -0.140. The summed E-state index contributed by atoms with van der Waals surface area (Å²) in [6.07, 6.45) is 4.76. The highest BCUT2D eigenvalue weighted by atomic mass is 16.5. The monoisotopic (exact) mass is 248 g/mol. The minimum atomic E-state index is -0.120. The lowest BCUT2D eigenvalue weighted by atomic mass is 9.80. The molecule has 0 spiro atoms. The second-order valence-electron chi connectivity index (χ2n) is 4.73. The molecule has 1 aliphatic carbocycles. The molecule has 3 nitrogen and oxygen atoms in total. The summed E-state index contributed by atoms with van der Waals surface area (Å²) in [5, 5.41) is 0. The van der Waals surface area contributed by atoms with Gasteiger partial charge in [-0.15, -0.1) is 0 Å². The van der Waals surface area contributed by atoms with Crippen LogP contribution in [0.2, 0.25) is 0 Å². The number of hydrogen-bond acceptors (Lipinski definition) is 3. The number of fused-ring (bicyclic) bond motifs is 1. The van der Waals surface area contributed by atoms with Gasteiger partial charge in [0.1, 0.15) is 5.75 Å². The molecule has 0 radical (unpaired) electrons. The molecule has 0 aliphatic heterocycles. The van der Waals surface area contributed by atoms with Crippen molar-refractivity contribution >= 4 is 5.97 Å². The molecule has 0 saturated heterocycles. The van der Waals surface area contributed by atoms with Gasteiger partial charge in [0.25, 0.3) is 0 Å². The van der Waals surface area contributed by atoms with Crippen LogP contribution in [0.25, 0.3) is 0 Å². The second kappa shape index (κ2) is 5.89. The molecule has 0 heterocycles. The van der Waals surface area contributed by atoms with Crippen molar-refractivity contribution in [2.24, 2.45) is 0 Å². The first kappa shape index (κ1) is 12.9. The molecule has 2 rings (SSSR count). The van der Waals surface area contributed by atoms with Crippen LogP contribution in [0, 0.1) is 0 Å². The average molecular weight is 248 g/mol. The van der Waals surface area contributed by atoms with Crippen molar-refractivity contribution in [3.63, 3.8) is 0 Å². The van der Waals surface area contributed by atoms with Crippen molar-refractivity contribution in [2.45, 2.75) is 38.0 Å². The van der Waals surface area contributed by atoms with E-state index in [2.05, 4.69) is 6.07 Å². The molecular weight excluding hydrogens is 228 g/mol. The lowest BCUT2D eigenvalue weighted by Crippen LogP contribution is -2.13. The summed E-state index contributed by atoms with van der Waals surface area (Å²) in [4.78, 5) is 11.2. The molecule has 3 heteroatoms. The fourth-order valence-corrected chi connectivity index (χ4v) is 2.80. The van der Waals surface area contributed by atoms with Crippen molar-refractivity contribution in [1.29, 1.82) is 0 Å². The molecule has 1 aromatic carbocycles. The highest BCUT2D eigenvalue weighted by molar-refractivity contribution is 5.69. The van der Waals surface area contributed by atoms with Gasteiger partial charge in [-0.2, -0.15) is 0 Å². The van der Waals surface area contributed by atoms with Gasteiger partial charge in [-0.05, 0) is 48.8 Å². The van der Waals surface area contributed by atoms with E-state index in [1.165, 1.54) is 24.7 Å². The Balaban J connectivity index is 2.15. The third-order valence-electron chi connectivity index (χ3n) is 3.73. The zero-order chi connectivity index (χ0) is 13.0. The highest BCUT2D eigenvalue weighted by Gasteiger charge is 2.23. The van der Waals surface area contributed by atoms with Gasteiger partial charge in [0.05, 0.1) is 14.2 Å². The average Bonchev–Trinajstić information content (AvgIpc) is 2.43. The smallest absolute Gasteiger partial charge is 0.305 e. The molecule has 0 fully saturated rings. The molecule has 0 N–H and O–H groups in total. The normalized spacial score (nSPS) is 18.0. The number of hydrogen-bond donors (Lipinski definition) is 0. The van der Waals surface area contributed by atoms with Crippen molar-refractivity contribution in [1.82, 2.24) is 0 Å². The van der Waals surface area contributed by atoms with Gasteiger partial charge >= 0.3 is 5.97 Å². The number of esters is 1. The standard InChI is InChI=1S/C15H20O3/c1-17-14-8-4-6-12-11(5-3-7-13(12)14)9-10-15(16)18-2/h4,6,8,11H,3,5,7,9-10H2,1-2H3/t11-/m1/s1. The third kappa shape index (κ3) is 2.66. The predicted molar refractivity (Wildman–Crippen MR) is 69.9 cm³/mol. The Hall–Kier alpha value is -1.51. The zero-order valence-corrected chi connectivity index (χ0v) is 11.1. The predicted octanol–water partition coefficient (Wildman–Crippen LogP) is 3.07. The molecule has 1 atom stereocenters. The summed E-state index contributed by atoms with van der Waals surface area (Å²) in [5.74, 6) is 1.32. The van der Waals surface area contributed by atoms with Gasteiger partial charge in [0, 0.05) is 6.42 Å². The first-order valence-corrected chi connectivity index (χ1v) is 6.49. The molecule has 0 amide bonds. The van der Waals surface area contributed by atoms with Gasteiger partial charge in [-0.3, -0.25) is 4.79 Å². The van der Waals surface area contributed by atoms with Crippen LogP contribution in [0.1, 0.15) is 42.7 Å². The van der Waals surface area contributed by atoms with E-state index in [0.717, 1.165) is 25.0 Å². The third-order valence-corrected chi connectivity index (χ3v) is 3.73. The van der Waals surface area contributed by atoms with Gasteiger partial charge in [-0.25, -0.2) is 0 Å². The van der Waals surface area contributed by atoms with E-state index in [9.17, 15) is 4.79 Å². The summed E-state index contributed by atoms with van der Waals surface area (Å²) in [6.45, 7) is 0. The molecule has 0 bridgehead atoms. The molecule has 98 valence electrons. The van der Waals surface area contributed by atoms with Crippen LogP contribution in [0.3, 0.4) is 0 Å².